The third kappa shape index (κ3) is 4.20. The predicted octanol–water partition coefficient (Wildman–Crippen LogP) is 6.80. The number of nitrogens with zero attached hydrogens (tertiary/aromatic N) is 2. The molecule has 0 amide bonds. The minimum absolute atomic E-state index is 0.572. The zero-order chi connectivity index (χ0) is 20.1. The van der Waals surface area contributed by atoms with Gasteiger partial charge in [0.2, 0.25) is 0 Å². The van der Waals surface area contributed by atoms with Crippen LogP contribution in [0.5, 0.6) is 5.75 Å². The molecule has 0 bridgehead atoms. The maximum atomic E-state index is 5.85. The number of hydrogen-bond acceptors (Lipinski definition) is 3. The second-order valence-electron chi connectivity index (χ2n) is 6.44. The van der Waals surface area contributed by atoms with Gasteiger partial charge < -0.3 is 4.74 Å². The SMILES string of the molecule is COc1cccc(-c2nccc3ccccc23)c1.Clc1nccc2ccccc12. The van der Waals surface area contributed by atoms with Crippen LogP contribution in [0.4, 0.5) is 0 Å². The van der Waals surface area contributed by atoms with E-state index >= 15 is 0 Å². The van der Waals surface area contributed by atoms with E-state index in [1.165, 1.54) is 5.39 Å². The third-order valence-corrected chi connectivity index (χ3v) is 4.94. The zero-order valence-corrected chi connectivity index (χ0v) is 16.7. The van der Waals surface area contributed by atoms with E-state index < -0.39 is 0 Å². The summed E-state index contributed by atoms with van der Waals surface area (Å²) in [6.07, 6.45) is 3.56. The lowest BCUT2D eigenvalue weighted by atomic mass is 10.0. The first-order valence-corrected chi connectivity index (χ1v) is 9.61. The average molecular weight is 399 g/mol. The molecule has 0 spiro atoms. The van der Waals surface area contributed by atoms with Crippen molar-refractivity contribution in [1.82, 2.24) is 9.97 Å². The van der Waals surface area contributed by atoms with Gasteiger partial charge in [-0.3, -0.25) is 4.98 Å². The predicted molar refractivity (Wildman–Crippen MR) is 120 cm³/mol. The first-order valence-electron chi connectivity index (χ1n) is 9.24. The molecule has 3 nitrogen and oxygen atoms in total. The first-order chi connectivity index (χ1) is 14.3. The third-order valence-electron chi connectivity index (χ3n) is 4.64. The van der Waals surface area contributed by atoms with Gasteiger partial charge >= 0.3 is 0 Å². The van der Waals surface area contributed by atoms with Crippen LogP contribution in [0.2, 0.25) is 5.15 Å². The van der Waals surface area contributed by atoms with Crippen LogP contribution in [-0.2, 0) is 0 Å². The summed E-state index contributed by atoms with van der Waals surface area (Å²) in [5.74, 6) is 0.849. The Labute approximate surface area is 174 Å². The molecule has 0 aliphatic rings. The first kappa shape index (κ1) is 18.9. The van der Waals surface area contributed by atoms with Crippen LogP contribution >= 0.6 is 11.6 Å². The molecule has 5 rings (SSSR count). The fourth-order valence-electron chi connectivity index (χ4n) is 3.20. The van der Waals surface area contributed by atoms with Gasteiger partial charge in [-0.2, -0.15) is 0 Å². The number of benzene rings is 3. The quantitative estimate of drug-likeness (QED) is 0.307. The molecule has 4 heteroatoms. The lowest BCUT2D eigenvalue weighted by Crippen LogP contribution is -1.87. The standard InChI is InChI=1S/C16H13NO.C9H6ClN/c1-18-14-7-4-6-13(11-14)16-15-8-3-2-5-12(15)9-10-17-16;10-9-8-4-2-1-3-7(8)5-6-11-9/h2-11H,1H3;1-6H. The topological polar surface area (TPSA) is 35.0 Å². The average Bonchev–Trinajstić information content (AvgIpc) is 2.79. The molecule has 29 heavy (non-hydrogen) atoms. The Kier molecular flexibility index (Phi) is 5.68. The Bertz CT molecular complexity index is 1260. The van der Waals surface area contributed by atoms with Gasteiger partial charge in [-0.1, -0.05) is 72.3 Å². The highest BCUT2D eigenvalue weighted by Crippen LogP contribution is 2.28. The molecular formula is C25H19ClN2O. The van der Waals surface area contributed by atoms with Crippen molar-refractivity contribution < 1.29 is 4.74 Å². The van der Waals surface area contributed by atoms with Crippen molar-refractivity contribution in [2.45, 2.75) is 0 Å². The van der Waals surface area contributed by atoms with Gasteiger partial charge in [0.1, 0.15) is 10.9 Å². The van der Waals surface area contributed by atoms with Gasteiger partial charge in [0.05, 0.1) is 12.8 Å². The fourth-order valence-corrected chi connectivity index (χ4v) is 3.43. The highest BCUT2D eigenvalue weighted by atomic mass is 35.5. The van der Waals surface area contributed by atoms with Gasteiger partial charge in [-0.05, 0) is 35.0 Å². The van der Waals surface area contributed by atoms with Crippen molar-refractivity contribution in [2.75, 3.05) is 7.11 Å². The molecule has 3 aromatic carbocycles. The fraction of sp³-hybridized carbons (Fsp3) is 0.0400. The van der Waals surface area contributed by atoms with Crippen molar-refractivity contribution in [3.63, 3.8) is 0 Å². The molecular weight excluding hydrogens is 380 g/mol. The van der Waals surface area contributed by atoms with E-state index in [0.29, 0.717) is 5.15 Å². The highest BCUT2D eigenvalue weighted by molar-refractivity contribution is 6.34. The second-order valence-corrected chi connectivity index (χ2v) is 6.79. The van der Waals surface area contributed by atoms with Crippen LogP contribution in [0.1, 0.15) is 0 Å². The molecule has 142 valence electrons. The number of rotatable bonds is 2. The Hall–Kier alpha value is -3.43. The lowest BCUT2D eigenvalue weighted by molar-refractivity contribution is 0.415. The summed E-state index contributed by atoms with van der Waals surface area (Å²) >= 11 is 5.85. The maximum absolute atomic E-state index is 5.85. The summed E-state index contributed by atoms with van der Waals surface area (Å²) in [5, 5.41) is 5.07. The molecule has 0 aliphatic heterocycles. The molecule has 0 radical (unpaired) electrons. The van der Waals surface area contributed by atoms with Crippen LogP contribution in [0.15, 0.2) is 97.3 Å². The molecule has 2 heterocycles. The van der Waals surface area contributed by atoms with Crippen LogP contribution in [0.3, 0.4) is 0 Å². The van der Waals surface area contributed by atoms with Crippen molar-refractivity contribution >= 4 is 33.1 Å². The molecule has 0 N–H and O–H groups in total. The summed E-state index contributed by atoms with van der Waals surface area (Å²) < 4.78 is 5.26. The Morgan fingerprint density at radius 3 is 2.07 bits per heavy atom. The summed E-state index contributed by atoms with van der Waals surface area (Å²) in [7, 11) is 1.68. The molecule has 0 saturated heterocycles. The van der Waals surface area contributed by atoms with Gasteiger partial charge in [0, 0.05) is 28.7 Å². The van der Waals surface area contributed by atoms with E-state index in [1.807, 2.05) is 72.9 Å². The molecule has 0 fully saturated rings. The normalized spacial score (nSPS) is 10.4. The molecule has 5 aromatic rings. The van der Waals surface area contributed by atoms with E-state index in [2.05, 4.69) is 28.2 Å². The Morgan fingerprint density at radius 1 is 0.690 bits per heavy atom. The minimum Gasteiger partial charge on any atom is -0.497 e. The van der Waals surface area contributed by atoms with Crippen molar-refractivity contribution in [1.29, 1.82) is 0 Å². The van der Waals surface area contributed by atoms with E-state index in [-0.39, 0.29) is 0 Å². The van der Waals surface area contributed by atoms with E-state index in [1.54, 1.807) is 13.3 Å². The van der Waals surface area contributed by atoms with Gasteiger partial charge in [0.15, 0.2) is 0 Å². The molecule has 0 aliphatic carbocycles. The number of pyridine rings is 2. The maximum Gasteiger partial charge on any atom is 0.136 e. The van der Waals surface area contributed by atoms with E-state index in [0.717, 1.165) is 33.2 Å². The van der Waals surface area contributed by atoms with E-state index in [4.69, 9.17) is 16.3 Å². The van der Waals surface area contributed by atoms with Crippen molar-refractivity contribution in [3.8, 4) is 17.0 Å². The molecule has 2 aromatic heterocycles. The number of hydrogen-bond donors (Lipinski definition) is 0. The number of halogens is 1. The molecule has 0 saturated carbocycles. The number of fused-ring (bicyclic) bond motifs is 2. The Morgan fingerprint density at radius 2 is 1.34 bits per heavy atom. The van der Waals surface area contributed by atoms with Crippen LogP contribution in [0.25, 0.3) is 32.8 Å². The molecule has 0 unspecified atom stereocenters. The summed E-state index contributed by atoms with van der Waals surface area (Å²) in [5.41, 5.74) is 2.07. The summed E-state index contributed by atoms with van der Waals surface area (Å²) in [4.78, 5) is 8.47. The molecule has 0 atom stereocenters. The largest absolute Gasteiger partial charge is 0.497 e. The van der Waals surface area contributed by atoms with Crippen molar-refractivity contribution in [3.05, 3.63) is 102 Å². The zero-order valence-electron chi connectivity index (χ0n) is 15.9. The lowest BCUT2D eigenvalue weighted by Gasteiger charge is -2.07. The summed E-state index contributed by atoms with van der Waals surface area (Å²) in [6, 6.07) is 28.1. The van der Waals surface area contributed by atoms with Gasteiger partial charge in [-0.15, -0.1) is 0 Å². The van der Waals surface area contributed by atoms with Crippen molar-refractivity contribution in [2.24, 2.45) is 0 Å². The van der Waals surface area contributed by atoms with Crippen LogP contribution < -0.4 is 4.74 Å². The van der Waals surface area contributed by atoms with Gasteiger partial charge in [0.25, 0.3) is 0 Å². The highest BCUT2D eigenvalue weighted by Gasteiger charge is 2.05. The summed E-state index contributed by atoms with van der Waals surface area (Å²) in [6.45, 7) is 0. The minimum atomic E-state index is 0.572. The Balaban J connectivity index is 0.000000159. The van der Waals surface area contributed by atoms with Crippen LogP contribution in [-0.4, -0.2) is 17.1 Å². The number of methoxy groups -OCH3 is 1. The smallest absolute Gasteiger partial charge is 0.136 e. The number of ether oxygens (including phenoxy) is 1. The number of aromatic nitrogens is 2. The van der Waals surface area contributed by atoms with E-state index in [9.17, 15) is 0 Å². The van der Waals surface area contributed by atoms with Gasteiger partial charge in [-0.25, -0.2) is 4.98 Å². The monoisotopic (exact) mass is 398 g/mol. The van der Waals surface area contributed by atoms with Crippen LogP contribution in [0, 0.1) is 0 Å². The second kappa shape index (κ2) is 8.72.